The zero-order valence-electron chi connectivity index (χ0n) is 12.5. The molecule has 0 spiro atoms. The fourth-order valence-corrected chi connectivity index (χ4v) is 3.48. The van der Waals surface area contributed by atoms with Gasteiger partial charge in [0.05, 0.1) is 12.1 Å². The lowest BCUT2D eigenvalue weighted by Crippen LogP contribution is -2.15. The van der Waals surface area contributed by atoms with Gasteiger partial charge in [0.25, 0.3) is 0 Å². The van der Waals surface area contributed by atoms with Crippen LogP contribution in [0.5, 0.6) is 5.75 Å². The Hall–Kier alpha value is -1.16. The molecule has 0 fully saturated rings. The summed E-state index contributed by atoms with van der Waals surface area (Å²) in [5.74, 6) is 1.69. The maximum absolute atomic E-state index is 6.35. The van der Waals surface area contributed by atoms with E-state index in [0.29, 0.717) is 0 Å². The molecule has 4 heteroatoms. The molecule has 2 aromatic carbocycles. The topological polar surface area (TPSA) is 35.2 Å². The monoisotopic (exact) mass is 321 g/mol. The predicted molar refractivity (Wildman–Crippen MR) is 91.6 cm³/mol. The van der Waals surface area contributed by atoms with Crippen LogP contribution in [0.4, 0.5) is 0 Å². The Kier molecular flexibility index (Phi) is 5.57. The summed E-state index contributed by atoms with van der Waals surface area (Å²) in [5.41, 5.74) is 9.77. The molecular formula is C17H20ClNOS. The van der Waals surface area contributed by atoms with Crippen LogP contribution in [-0.4, -0.2) is 12.9 Å². The quantitative estimate of drug-likeness (QED) is 0.806. The number of thioether (sulfide) groups is 1. The number of benzene rings is 2. The zero-order chi connectivity index (χ0) is 15.4. The average Bonchev–Trinajstić information content (AvgIpc) is 2.48. The van der Waals surface area contributed by atoms with Crippen molar-refractivity contribution in [3.05, 3.63) is 58.1 Å². The van der Waals surface area contributed by atoms with E-state index in [0.717, 1.165) is 38.1 Å². The van der Waals surface area contributed by atoms with Gasteiger partial charge in [-0.25, -0.2) is 0 Å². The van der Waals surface area contributed by atoms with Crippen LogP contribution in [-0.2, 0) is 0 Å². The van der Waals surface area contributed by atoms with E-state index in [1.165, 1.54) is 0 Å². The Bertz CT molecular complexity index is 630. The van der Waals surface area contributed by atoms with Crippen LogP contribution >= 0.6 is 23.4 Å². The van der Waals surface area contributed by atoms with Crippen LogP contribution in [0, 0.1) is 13.8 Å². The number of hydrogen-bond acceptors (Lipinski definition) is 3. The highest BCUT2D eigenvalue weighted by molar-refractivity contribution is 7.99. The number of aryl methyl sites for hydroxylation is 2. The van der Waals surface area contributed by atoms with E-state index >= 15 is 0 Å². The van der Waals surface area contributed by atoms with Crippen molar-refractivity contribution in [1.29, 1.82) is 0 Å². The molecule has 112 valence electrons. The maximum Gasteiger partial charge on any atom is 0.122 e. The molecule has 0 aliphatic rings. The van der Waals surface area contributed by atoms with Gasteiger partial charge >= 0.3 is 0 Å². The first-order valence-electron chi connectivity index (χ1n) is 6.81. The lowest BCUT2D eigenvalue weighted by molar-refractivity contribution is 0.411. The summed E-state index contributed by atoms with van der Waals surface area (Å²) in [6.07, 6.45) is 0. The Morgan fingerprint density at radius 3 is 2.57 bits per heavy atom. The molecule has 0 heterocycles. The molecule has 2 aromatic rings. The second-order valence-corrected chi connectivity index (χ2v) is 6.50. The molecule has 0 aromatic heterocycles. The molecule has 21 heavy (non-hydrogen) atoms. The van der Waals surface area contributed by atoms with Gasteiger partial charge in [-0.15, -0.1) is 11.8 Å². The largest absolute Gasteiger partial charge is 0.496 e. The number of rotatable bonds is 5. The van der Waals surface area contributed by atoms with Gasteiger partial charge < -0.3 is 10.5 Å². The van der Waals surface area contributed by atoms with E-state index in [1.54, 1.807) is 18.9 Å². The van der Waals surface area contributed by atoms with Crippen LogP contribution in [0.3, 0.4) is 0 Å². The van der Waals surface area contributed by atoms with Crippen molar-refractivity contribution in [1.82, 2.24) is 0 Å². The molecule has 1 unspecified atom stereocenters. The maximum atomic E-state index is 6.35. The minimum absolute atomic E-state index is 0.0316. The number of nitrogens with two attached hydrogens (primary N) is 1. The van der Waals surface area contributed by atoms with Gasteiger partial charge in [0, 0.05) is 16.7 Å². The standard InChI is InChI=1S/C17H20ClNOS/c1-11-9-16(20-3)12(2)8-13(11)15(19)10-21-17-7-5-4-6-14(17)18/h4-9,15H,10,19H2,1-3H3. The van der Waals surface area contributed by atoms with Gasteiger partial charge in [0.2, 0.25) is 0 Å². The molecule has 0 amide bonds. The number of hydrogen-bond donors (Lipinski definition) is 1. The fraction of sp³-hybridized carbons (Fsp3) is 0.294. The van der Waals surface area contributed by atoms with Crippen molar-refractivity contribution in [2.45, 2.75) is 24.8 Å². The van der Waals surface area contributed by atoms with E-state index < -0.39 is 0 Å². The first-order valence-corrected chi connectivity index (χ1v) is 8.17. The van der Waals surface area contributed by atoms with Crippen LogP contribution in [0.1, 0.15) is 22.7 Å². The minimum atomic E-state index is -0.0316. The van der Waals surface area contributed by atoms with Gasteiger partial charge in [-0.1, -0.05) is 29.8 Å². The van der Waals surface area contributed by atoms with E-state index in [1.807, 2.05) is 37.3 Å². The summed E-state index contributed by atoms with van der Waals surface area (Å²) < 4.78 is 5.34. The summed E-state index contributed by atoms with van der Waals surface area (Å²) in [6, 6.07) is 12.0. The third kappa shape index (κ3) is 3.94. The minimum Gasteiger partial charge on any atom is -0.496 e. The van der Waals surface area contributed by atoms with E-state index in [-0.39, 0.29) is 6.04 Å². The van der Waals surface area contributed by atoms with Crippen molar-refractivity contribution in [3.8, 4) is 5.75 Å². The molecule has 2 N–H and O–H groups in total. The Balaban J connectivity index is 2.12. The van der Waals surface area contributed by atoms with Crippen LogP contribution in [0.25, 0.3) is 0 Å². The molecule has 1 atom stereocenters. The summed E-state index contributed by atoms with van der Waals surface area (Å²) in [6.45, 7) is 4.10. The molecule has 0 aliphatic carbocycles. The van der Waals surface area contributed by atoms with Crippen molar-refractivity contribution in [2.24, 2.45) is 5.73 Å². The number of halogens is 1. The lowest BCUT2D eigenvalue weighted by Gasteiger charge is -2.17. The van der Waals surface area contributed by atoms with Gasteiger partial charge in [0.1, 0.15) is 5.75 Å². The van der Waals surface area contributed by atoms with E-state index in [2.05, 4.69) is 13.0 Å². The second kappa shape index (κ2) is 7.21. The third-order valence-electron chi connectivity index (χ3n) is 3.44. The highest BCUT2D eigenvalue weighted by Gasteiger charge is 2.13. The average molecular weight is 322 g/mol. The first kappa shape index (κ1) is 16.2. The smallest absolute Gasteiger partial charge is 0.122 e. The van der Waals surface area contributed by atoms with Gasteiger partial charge in [-0.2, -0.15) is 0 Å². The van der Waals surface area contributed by atoms with Crippen LogP contribution in [0.15, 0.2) is 41.3 Å². The lowest BCUT2D eigenvalue weighted by atomic mass is 10.00. The van der Waals surface area contributed by atoms with Crippen LogP contribution in [0.2, 0.25) is 5.02 Å². The van der Waals surface area contributed by atoms with E-state index in [4.69, 9.17) is 22.1 Å². The predicted octanol–water partition coefficient (Wildman–Crippen LogP) is 4.76. The summed E-state index contributed by atoms with van der Waals surface area (Å²) in [4.78, 5) is 1.07. The SMILES string of the molecule is COc1cc(C)c(C(N)CSc2ccccc2Cl)cc1C. The Labute approximate surface area is 135 Å². The van der Waals surface area contributed by atoms with Crippen molar-refractivity contribution < 1.29 is 4.74 Å². The van der Waals surface area contributed by atoms with Crippen molar-refractivity contribution >= 4 is 23.4 Å². The van der Waals surface area contributed by atoms with Crippen molar-refractivity contribution in [2.75, 3.05) is 12.9 Å². The molecule has 2 nitrogen and oxygen atoms in total. The van der Waals surface area contributed by atoms with E-state index in [9.17, 15) is 0 Å². The summed E-state index contributed by atoms with van der Waals surface area (Å²) in [5, 5.41) is 0.775. The first-order chi connectivity index (χ1) is 10.0. The highest BCUT2D eigenvalue weighted by atomic mass is 35.5. The normalized spacial score (nSPS) is 12.2. The molecule has 0 saturated carbocycles. The zero-order valence-corrected chi connectivity index (χ0v) is 14.1. The Morgan fingerprint density at radius 1 is 1.19 bits per heavy atom. The summed E-state index contributed by atoms with van der Waals surface area (Å²) in [7, 11) is 1.69. The van der Waals surface area contributed by atoms with Gasteiger partial charge in [0.15, 0.2) is 0 Å². The molecule has 0 bridgehead atoms. The van der Waals surface area contributed by atoms with Crippen LogP contribution < -0.4 is 10.5 Å². The molecule has 0 saturated heterocycles. The molecule has 2 rings (SSSR count). The van der Waals surface area contributed by atoms with Gasteiger partial charge in [-0.05, 0) is 48.7 Å². The Morgan fingerprint density at radius 2 is 1.90 bits per heavy atom. The fourth-order valence-electron chi connectivity index (χ4n) is 2.26. The molecule has 0 aliphatic heterocycles. The number of methoxy groups -OCH3 is 1. The highest BCUT2D eigenvalue weighted by Crippen LogP contribution is 2.32. The van der Waals surface area contributed by atoms with Crippen molar-refractivity contribution in [3.63, 3.8) is 0 Å². The molecule has 0 radical (unpaired) electrons. The third-order valence-corrected chi connectivity index (χ3v) is 5.07. The molecular weight excluding hydrogens is 302 g/mol. The summed E-state index contributed by atoms with van der Waals surface area (Å²) >= 11 is 7.86. The number of ether oxygens (including phenoxy) is 1. The second-order valence-electron chi connectivity index (χ2n) is 5.03. The van der Waals surface area contributed by atoms with Gasteiger partial charge in [-0.3, -0.25) is 0 Å².